The standard InChI is InChI=1S/C30H31N5OS/c1-5-22-12-14-24(15-13-22)27-26(28(36)32-25-16-11-19(2)17-20(25)3)21(4)31-29-33-30(34-35(27)29)37-18-23-9-7-6-8-10-23/h6-17,27H,5,18H2,1-4H3,(H,32,36)(H,31,33,34). The molecular formula is C30H31N5OS. The number of hydrogen-bond donors (Lipinski definition) is 2. The molecule has 7 heteroatoms. The largest absolute Gasteiger partial charge is 0.328 e. The molecule has 1 unspecified atom stereocenters. The number of fused-ring (bicyclic) bond motifs is 1. The maximum absolute atomic E-state index is 13.8. The monoisotopic (exact) mass is 509 g/mol. The van der Waals surface area contributed by atoms with Crippen molar-refractivity contribution in [1.29, 1.82) is 0 Å². The van der Waals surface area contributed by atoms with Gasteiger partial charge in [-0.2, -0.15) is 4.98 Å². The molecule has 0 saturated heterocycles. The lowest BCUT2D eigenvalue weighted by Gasteiger charge is -2.29. The highest BCUT2D eigenvalue weighted by Crippen LogP contribution is 2.37. The van der Waals surface area contributed by atoms with Gasteiger partial charge in [0.2, 0.25) is 11.1 Å². The maximum Gasteiger partial charge on any atom is 0.255 e. The van der Waals surface area contributed by atoms with Crippen molar-refractivity contribution in [2.24, 2.45) is 0 Å². The Morgan fingerprint density at radius 3 is 2.46 bits per heavy atom. The van der Waals surface area contributed by atoms with Crippen molar-refractivity contribution >= 4 is 29.3 Å². The van der Waals surface area contributed by atoms with Gasteiger partial charge in [0.15, 0.2) is 0 Å². The molecule has 4 aromatic rings. The van der Waals surface area contributed by atoms with Gasteiger partial charge in [-0.1, -0.05) is 91.0 Å². The van der Waals surface area contributed by atoms with Gasteiger partial charge >= 0.3 is 0 Å². The third-order valence-corrected chi connectivity index (χ3v) is 7.53. The quantitative estimate of drug-likeness (QED) is 0.272. The number of aromatic nitrogens is 3. The molecule has 188 valence electrons. The van der Waals surface area contributed by atoms with Crippen LogP contribution < -0.4 is 10.6 Å². The lowest BCUT2D eigenvalue weighted by molar-refractivity contribution is -0.113. The molecule has 1 amide bonds. The predicted octanol–water partition coefficient (Wildman–Crippen LogP) is 6.68. The number of carbonyl (C=O) groups is 1. The Labute approximate surface area is 222 Å². The van der Waals surface area contributed by atoms with Gasteiger partial charge in [-0.15, -0.1) is 5.10 Å². The first-order valence-electron chi connectivity index (χ1n) is 12.5. The average Bonchev–Trinajstić information content (AvgIpc) is 3.31. The Morgan fingerprint density at radius 1 is 1.00 bits per heavy atom. The van der Waals surface area contributed by atoms with Crippen LogP contribution in [0.1, 0.15) is 47.7 Å². The topological polar surface area (TPSA) is 71.8 Å². The zero-order valence-electron chi connectivity index (χ0n) is 21.6. The van der Waals surface area contributed by atoms with Gasteiger partial charge in [0.25, 0.3) is 5.91 Å². The third kappa shape index (κ3) is 5.32. The summed E-state index contributed by atoms with van der Waals surface area (Å²) in [6.45, 7) is 8.12. The second-order valence-corrected chi connectivity index (χ2v) is 10.3. The summed E-state index contributed by atoms with van der Waals surface area (Å²) in [6.07, 6.45) is 0.955. The highest BCUT2D eigenvalue weighted by atomic mass is 32.2. The highest BCUT2D eigenvalue weighted by molar-refractivity contribution is 7.98. The van der Waals surface area contributed by atoms with Crippen LogP contribution in [-0.4, -0.2) is 20.7 Å². The molecule has 2 N–H and O–H groups in total. The Balaban J connectivity index is 1.50. The normalized spacial score (nSPS) is 14.8. The van der Waals surface area contributed by atoms with E-state index in [1.165, 1.54) is 11.1 Å². The third-order valence-electron chi connectivity index (χ3n) is 6.62. The SMILES string of the molecule is CCc1ccc(C2C(C(=O)Nc3ccc(C)cc3C)=C(C)Nc3nc(SCc4ccccc4)nn32)cc1. The van der Waals surface area contributed by atoms with Gasteiger partial charge in [-0.25, -0.2) is 4.68 Å². The fourth-order valence-electron chi connectivity index (χ4n) is 4.60. The molecule has 2 heterocycles. The van der Waals surface area contributed by atoms with Gasteiger partial charge in [-0.05, 0) is 55.5 Å². The van der Waals surface area contributed by atoms with Gasteiger partial charge in [0, 0.05) is 17.1 Å². The minimum atomic E-state index is -0.397. The number of amides is 1. The Morgan fingerprint density at radius 2 is 1.76 bits per heavy atom. The van der Waals surface area contributed by atoms with Gasteiger partial charge in [0.05, 0.1) is 5.57 Å². The molecule has 1 aromatic heterocycles. The summed E-state index contributed by atoms with van der Waals surface area (Å²) >= 11 is 1.58. The minimum Gasteiger partial charge on any atom is -0.328 e. The second kappa shape index (κ2) is 10.6. The van der Waals surface area contributed by atoms with E-state index in [1.54, 1.807) is 11.8 Å². The molecule has 0 aliphatic carbocycles. The molecule has 1 atom stereocenters. The van der Waals surface area contributed by atoms with Crippen LogP contribution in [0.4, 0.5) is 11.6 Å². The number of carbonyl (C=O) groups excluding carboxylic acids is 1. The van der Waals surface area contributed by atoms with Gasteiger partial charge < -0.3 is 10.6 Å². The van der Waals surface area contributed by atoms with Crippen LogP contribution >= 0.6 is 11.8 Å². The van der Waals surface area contributed by atoms with E-state index in [9.17, 15) is 4.79 Å². The number of benzene rings is 3. The number of nitrogens with one attached hydrogen (secondary N) is 2. The van der Waals surface area contributed by atoms with Crippen LogP contribution in [0.3, 0.4) is 0 Å². The number of nitrogens with zero attached hydrogens (tertiary/aromatic N) is 3. The lowest BCUT2D eigenvalue weighted by atomic mass is 9.94. The zero-order valence-corrected chi connectivity index (χ0v) is 22.4. The van der Waals surface area contributed by atoms with E-state index in [4.69, 9.17) is 10.1 Å². The minimum absolute atomic E-state index is 0.152. The summed E-state index contributed by atoms with van der Waals surface area (Å²) in [6, 6.07) is 24.3. The maximum atomic E-state index is 13.8. The molecule has 0 spiro atoms. The highest BCUT2D eigenvalue weighted by Gasteiger charge is 2.34. The van der Waals surface area contributed by atoms with Crippen molar-refractivity contribution in [2.75, 3.05) is 10.6 Å². The van der Waals surface area contributed by atoms with Gasteiger partial charge in [0.1, 0.15) is 6.04 Å². The van der Waals surface area contributed by atoms with Crippen molar-refractivity contribution in [3.8, 4) is 0 Å². The first-order valence-corrected chi connectivity index (χ1v) is 13.5. The number of rotatable bonds is 7. The van der Waals surface area contributed by atoms with Crippen molar-refractivity contribution in [3.05, 3.63) is 112 Å². The van der Waals surface area contributed by atoms with E-state index in [0.29, 0.717) is 16.7 Å². The number of hydrogen-bond acceptors (Lipinski definition) is 5. The molecular weight excluding hydrogens is 478 g/mol. The second-order valence-electron chi connectivity index (χ2n) is 9.37. The molecule has 3 aromatic carbocycles. The predicted molar refractivity (Wildman–Crippen MR) is 151 cm³/mol. The molecule has 5 rings (SSSR count). The van der Waals surface area contributed by atoms with Crippen LogP contribution in [-0.2, 0) is 17.0 Å². The molecule has 0 fully saturated rings. The van der Waals surface area contributed by atoms with E-state index < -0.39 is 6.04 Å². The van der Waals surface area contributed by atoms with Crippen LogP contribution in [0.5, 0.6) is 0 Å². The zero-order chi connectivity index (χ0) is 25.9. The Hall–Kier alpha value is -3.84. The summed E-state index contributed by atoms with van der Waals surface area (Å²) in [4.78, 5) is 18.5. The average molecular weight is 510 g/mol. The van der Waals surface area contributed by atoms with Crippen molar-refractivity contribution < 1.29 is 4.79 Å². The van der Waals surface area contributed by atoms with Crippen molar-refractivity contribution in [2.45, 2.75) is 51.1 Å². The first-order chi connectivity index (χ1) is 17.9. The molecule has 0 bridgehead atoms. The molecule has 37 heavy (non-hydrogen) atoms. The van der Waals surface area contributed by atoms with Crippen LogP contribution in [0.2, 0.25) is 0 Å². The lowest BCUT2D eigenvalue weighted by Crippen LogP contribution is -2.31. The first kappa shape index (κ1) is 24.8. The van der Waals surface area contributed by atoms with Crippen LogP contribution in [0.25, 0.3) is 0 Å². The van der Waals surface area contributed by atoms with Crippen molar-refractivity contribution in [1.82, 2.24) is 14.8 Å². The van der Waals surface area contributed by atoms with Crippen LogP contribution in [0, 0.1) is 13.8 Å². The molecule has 6 nitrogen and oxygen atoms in total. The summed E-state index contributed by atoms with van der Waals surface area (Å²) in [5, 5.41) is 12.0. The number of anilines is 2. The Bertz CT molecular complexity index is 1460. The number of allylic oxidation sites excluding steroid dienone is 1. The summed E-state index contributed by atoms with van der Waals surface area (Å²) in [5.74, 6) is 1.26. The van der Waals surface area contributed by atoms with Crippen LogP contribution in [0.15, 0.2) is 89.2 Å². The van der Waals surface area contributed by atoms with E-state index in [1.807, 2.05) is 55.8 Å². The summed E-state index contributed by atoms with van der Waals surface area (Å²) < 4.78 is 1.85. The number of aryl methyl sites for hydroxylation is 3. The van der Waals surface area contributed by atoms with E-state index in [-0.39, 0.29) is 5.91 Å². The summed E-state index contributed by atoms with van der Waals surface area (Å²) in [7, 11) is 0. The molecule has 1 aliphatic heterocycles. The molecule has 0 radical (unpaired) electrons. The summed E-state index contributed by atoms with van der Waals surface area (Å²) in [5.41, 5.74) is 7.84. The number of thioether (sulfide) groups is 1. The van der Waals surface area contributed by atoms with E-state index in [2.05, 4.69) is 60.0 Å². The van der Waals surface area contributed by atoms with E-state index >= 15 is 0 Å². The van der Waals surface area contributed by atoms with Crippen molar-refractivity contribution in [3.63, 3.8) is 0 Å². The fourth-order valence-corrected chi connectivity index (χ4v) is 5.38. The smallest absolute Gasteiger partial charge is 0.255 e. The molecule has 1 aliphatic rings. The Kier molecular flexibility index (Phi) is 7.15. The molecule has 0 saturated carbocycles. The fraction of sp³-hybridized carbons (Fsp3) is 0.233. The van der Waals surface area contributed by atoms with Gasteiger partial charge in [-0.3, -0.25) is 4.79 Å². The van der Waals surface area contributed by atoms with E-state index in [0.717, 1.165) is 40.2 Å².